The van der Waals surface area contributed by atoms with Gasteiger partial charge in [0.05, 0.1) is 11.4 Å². The Morgan fingerprint density at radius 2 is 2.31 bits per heavy atom. The van der Waals surface area contributed by atoms with Crippen LogP contribution in [-0.4, -0.2) is 25.3 Å². The molecule has 2 rings (SSSR count). The summed E-state index contributed by atoms with van der Waals surface area (Å²) in [5.41, 5.74) is 7.91. The predicted molar refractivity (Wildman–Crippen MR) is 68.0 cm³/mol. The average molecular weight is 236 g/mol. The second-order valence-corrected chi connectivity index (χ2v) is 5.12. The van der Waals surface area contributed by atoms with E-state index in [-0.39, 0.29) is 5.91 Å². The van der Waals surface area contributed by atoms with Crippen molar-refractivity contribution in [3.8, 4) is 0 Å². The summed E-state index contributed by atoms with van der Waals surface area (Å²) in [7, 11) is 1.83. The van der Waals surface area contributed by atoms with Gasteiger partial charge in [0.25, 0.3) is 0 Å². The number of hydrogen-bond donors (Lipinski definition) is 1. The van der Waals surface area contributed by atoms with Crippen LogP contribution in [0.4, 0.5) is 5.69 Å². The third-order valence-corrected chi connectivity index (χ3v) is 4.02. The van der Waals surface area contributed by atoms with Crippen LogP contribution in [0.5, 0.6) is 0 Å². The zero-order chi connectivity index (χ0) is 11.7. The number of nitrogens with two attached hydrogens (primary N) is 1. The summed E-state index contributed by atoms with van der Waals surface area (Å²) in [6.07, 6.45) is 0. The molecule has 3 nitrogen and oxygen atoms in total. The molecule has 86 valence electrons. The van der Waals surface area contributed by atoms with Gasteiger partial charge in [0.2, 0.25) is 5.91 Å². The zero-order valence-electron chi connectivity index (χ0n) is 9.56. The summed E-state index contributed by atoms with van der Waals surface area (Å²) in [5, 5.41) is 0. The van der Waals surface area contributed by atoms with Gasteiger partial charge in [-0.1, -0.05) is 13.0 Å². The summed E-state index contributed by atoms with van der Waals surface area (Å²) in [6, 6.07) is 6.23. The van der Waals surface area contributed by atoms with E-state index in [1.54, 1.807) is 16.7 Å². The molecule has 0 saturated heterocycles. The molecule has 0 aromatic heterocycles. The highest BCUT2D eigenvalue weighted by atomic mass is 32.2. The van der Waals surface area contributed by atoms with E-state index in [1.807, 2.05) is 13.1 Å². The fourth-order valence-corrected chi connectivity index (χ4v) is 2.78. The minimum absolute atomic E-state index is 0.164. The van der Waals surface area contributed by atoms with Gasteiger partial charge in [-0.3, -0.25) is 4.79 Å². The largest absolute Gasteiger partial charge is 0.330 e. The lowest BCUT2D eigenvalue weighted by Crippen LogP contribution is -2.31. The smallest absolute Gasteiger partial charge is 0.237 e. The molecule has 1 aromatic rings. The Labute approximate surface area is 100.0 Å². The molecule has 0 fully saturated rings. The molecular formula is C12H16N2OS. The van der Waals surface area contributed by atoms with Crippen molar-refractivity contribution in [2.45, 2.75) is 17.7 Å². The predicted octanol–water partition coefficient (Wildman–Crippen LogP) is 1.82. The first-order chi connectivity index (χ1) is 7.63. The van der Waals surface area contributed by atoms with Gasteiger partial charge in [-0.25, -0.2) is 0 Å². The Morgan fingerprint density at radius 1 is 1.56 bits per heavy atom. The normalized spacial score (nSPS) is 17.2. The Morgan fingerprint density at radius 3 is 3.00 bits per heavy atom. The van der Waals surface area contributed by atoms with E-state index in [4.69, 9.17) is 5.73 Å². The van der Waals surface area contributed by atoms with E-state index in [9.17, 15) is 4.79 Å². The van der Waals surface area contributed by atoms with Crippen LogP contribution in [0.2, 0.25) is 0 Å². The van der Waals surface area contributed by atoms with Crippen molar-refractivity contribution in [1.82, 2.24) is 0 Å². The molecule has 0 radical (unpaired) electrons. The monoisotopic (exact) mass is 236 g/mol. The number of thioether (sulfide) groups is 1. The molecule has 1 amide bonds. The molecule has 4 heteroatoms. The van der Waals surface area contributed by atoms with Crippen molar-refractivity contribution in [2.75, 3.05) is 24.2 Å². The number of fused-ring (bicyclic) bond motifs is 1. The standard InChI is InChI=1S/C12H16N2OS/c1-8(6-13)9-3-4-10-11(5-9)16-7-12(15)14(10)2/h3-5,8H,6-7,13H2,1-2H3. The van der Waals surface area contributed by atoms with Crippen molar-refractivity contribution in [3.05, 3.63) is 23.8 Å². The number of anilines is 1. The number of rotatable bonds is 2. The van der Waals surface area contributed by atoms with Gasteiger partial charge < -0.3 is 10.6 Å². The maximum absolute atomic E-state index is 11.5. The third-order valence-electron chi connectivity index (χ3n) is 2.99. The second kappa shape index (κ2) is 4.47. The van der Waals surface area contributed by atoms with E-state index in [0.29, 0.717) is 18.2 Å². The number of benzene rings is 1. The van der Waals surface area contributed by atoms with E-state index in [0.717, 1.165) is 5.69 Å². The van der Waals surface area contributed by atoms with Crippen LogP contribution in [0.1, 0.15) is 18.4 Å². The van der Waals surface area contributed by atoms with Gasteiger partial charge in [0, 0.05) is 11.9 Å². The minimum atomic E-state index is 0.164. The molecule has 1 atom stereocenters. The Bertz CT molecular complexity index is 419. The molecule has 0 bridgehead atoms. The van der Waals surface area contributed by atoms with E-state index < -0.39 is 0 Å². The van der Waals surface area contributed by atoms with Gasteiger partial charge in [-0.2, -0.15) is 0 Å². The zero-order valence-corrected chi connectivity index (χ0v) is 10.4. The SMILES string of the molecule is CC(CN)c1ccc2c(c1)SCC(=O)N2C. The van der Waals surface area contributed by atoms with Crippen molar-refractivity contribution in [2.24, 2.45) is 5.73 Å². The lowest BCUT2D eigenvalue weighted by atomic mass is 10.0. The van der Waals surface area contributed by atoms with Gasteiger partial charge in [0.15, 0.2) is 0 Å². The Kier molecular flexibility index (Phi) is 3.21. The summed E-state index contributed by atoms with van der Waals surface area (Å²) in [4.78, 5) is 14.4. The number of amides is 1. The van der Waals surface area contributed by atoms with Crippen LogP contribution in [0.15, 0.2) is 23.1 Å². The van der Waals surface area contributed by atoms with Crippen molar-refractivity contribution in [1.29, 1.82) is 0 Å². The molecule has 1 aromatic carbocycles. The number of carbonyl (C=O) groups is 1. The summed E-state index contributed by atoms with van der Waals surface area (Å²) in [5.74, 6) is 1.06. The highest BCUT2D eigenvalue weighted by Crippen LogP contribution is 2.36. The molecule has 16 heavy (non-hydrogen) atoms. The highest BCUT2D eigenvalue weighted by Gasteiger charge is 2.21. The van der Waals surface area contributed by atoms with Crippen LogP contribution in [0.3, 0.4) is 0 Å². The summed E-state index contributed by atoms with van der Waals surface area (Å²) < 4.78 is 0. The second-order valence-electron chi connectivity index (χ2n) is 4.11. The first-order valence-electron chi connectivity index (χ1n) is 5.37. The maximum Gasteiger partial charge on any atom is 0.237 e. The van der Waals surface area contributed by atoms with Gasteiger partial charge in [0.1, 0.15) is 0 Å². The Hall–Kier alpha value is -1.00. The van der Waals surface area contributed by atoms with Crippen LogP contribution in [-0.2, 0) is 4.79 Å². The first kappa shape index (κ1) is 11.5. The van der Waals surface area contributed by atoms with Crippen LogP contribution >= 0.6 is 11.8 Å². The fourth-order valence-electron chi connectivity index (χ4n) is 1.74. The number of nitrogens with zero attached hydrogens (tertiary/aromatic N) is 1. The lowest BCUT2D eigenvalue weighted by Gasteiger charge is -2.26. The van der Waals surface area contributed by atoms with E-state index >= 15 is 0 Å². The van der Waals surface area contributed by atoms with Crippen molar-refractivity contribution < 1.29 is 4.79 Å². The molecular weight excluding hydrogens is 220 g/mol. The van der Waals surface area contributed by atoms with E-state index in [1.165, 1.54) is 10.5 Å². The van der Waals surface area contributed by atoms with Crippen LogP contribution in [0, 0.1) is 0 Å². The van der Waals surface area contributed by atoms with Crippen LogP contribution in [0.25, 0.3) is 0 Å². The molecule has 1 aliphatic heterocycles. The van der Waals surface area contributed by atoms with Crippen molar-refractivity contribution >= 4 is 23.4 Å². The highest BCUT2D eigenvalue weighted by molar-refractivity contribution is 8.00. The number of hydrogen-bond acceptors (Lipinski definition) is 3. The first-order valence-corrected chi connectivity index (χ1v) is 6.35. The topological polar surface area (TPSA) is 46.3 Å². The number of carbonyl (C=O) groups excluding carboxylic acids is 1. The maximum atomic E-state index is 11.5. The Balaban J connectivity index is 2.37. The third kappa shape index (κ3) is 1.95. The van der Waals surface area contributed by atoms with Crippen LogP contribution < -0.4 is 10.6 Å². The molecule has 0 spiro atoms. The molecule has 2 N–H and O–H groups in total. The molecule has 1 heterocycles. The molecule has 1 aliphatic rings. The molecule has 1 unspecified atom stereocenters. The lowest BCUT2D eigenvalue weighted by molar-refractivity contribution is -0.116. The average Bonchev–Trinajstić information content (AvgIpc) is 2.32. The van der Waals surface area contributed by atoms with Gasteiger partial charge in [-0.15, -0.1) is 11.8 Å². The summed E-state index contributed by atoms with van der Waals surface area (Å²) in [6.45, 7) is 2.77. The summed E-state index contributed by atoms with van der Waals surface area (Å²) >= 11 is 1.61. The quantitative estimate of drug-likeness (QED) is 0.852. The molecule has 0 saturated carbocycles. The fraction of sp³-hybridized carbons (Fsp3) is 0.417. The van der Waals surface area contributed by atoms with Crippen molar-refractivity contribution in [3.63, 3.8) is 0 Å². The van der Waals surface area contributed by atoms with Gasteiger partial charge in [-0.05, 0) is 30.2 Å². The molecule has 0 aliphatic carbocycles. The minimum Gasteiger partial charge on any atom is -0.330 e. The van der Waals surface area contributed by atoms with E-state index in [2.05, 4.69) is 19.1 Å². The van der Waals surface area contributed by atoms with Gasteiger partial charge >= 0.3 is 0 Å².